The summed E-state index contributed by atoms with van der Waals surface area (Å²) >= 11 is 0. The second-order valence-electron chi connectivity index (χ2n) is 10.0. The van der Waals surface area contributed by atoms with Gasteiger partial charge in [0.2, 0.25) is 0 Å². The van der Waals surface area contributed by atoms with Gasteiger partial charge in [-0.3, -0.25) is 0 Å². The van der Waals surface area contributed by atoms with E-state index in [4.69, 9.17) is 9.16 Å². The summed E-state index contributed by atoms with van der Waals surface area (Å²) in [6, 6.07) is 21.3. The van der Waals surface area contributed by atoms with Crippen LogP contribution >= 0.6 is 0 Å². The molecule has 1 aliphatic heterocycles. The maximum Gasteiger partial charge on any atom is 0.261 e. The normalized spacial score (nSPS) is 22.8. The lowest BCUT2D eigenvalue weighted by atomic mass is 10.0. The minimum absolute atomic E-state index is 0.0746. The molecule has 32 heavy (non-hydrogen) atoms. The molecule has 5 heteroatoms. The van der Waals surface area contributed by atoms with Gasteiger partial charge in [-0.05, 0) is 21.8 Å². The van der Waals surface area contributed by atoms with Crippen LogP contribution in [0.4, 0.5) is 0 Å². The molecular formula is C27H40O4Si. The van der Waals surface area contributed by atoms with Gasteiger partial charge in [-0.25, -0.2) is 0 Å². The van der Waals surface area contributed by atoms with Gasteiger partial charge in [-0.15, -0.1) is 0 Å². The Hall–Kier alpha value is -1.50. The molecule has 1 aliphatic rings. The molecule has 0 amide bonds. The smallest absolute Gasteiger partial charge is 0.261 e. The van der Waals surface area contributed by atoms with Crippen molar-refractivity contribution in [1.29, 1.82) is 0 Å². The maximum atomic E-state index is 10.3. The van der Waals surface area contributed by atoms with E-state index in [1.165, 1.54) is 10.4 Å². The lowest BCUT2D eigenvalue weighted by Gasteiger charge is -2.45. The fourth-order valence-corrected chi connectivity index (χ4v) is 9.72. The Morgan fingerprint density at radius 2 is 1.56 bits per heavy atom. The van der Waals surface area contributed by atoms with Crippen molar-refractivity contribution in [3.8, 4) is 0 Å². The maximum absolute atomic E-state index is 10.3. The number of hydrogen-bond acceptors (Lipinski definition) is 4. The molecule has 0 bridgehead atoms. The fraction of sp³-hybridized carbons (Fsp3) is 0.556. The number of benzene rings is 2. The van der Waals surface area contributed by atoms with Gasteiger partial charge >= 0.3 is 0 Å². The van der Waals surface area contributed by atoms with Crippen LogP contribution in [0, 0.1) is 0 Å². The number of unbranched alkanes of at least 4 members (excludes halogenated alkanes) is 2. The monoisotopic (exact) mass is 456 g/mol. The first-order valence-corrected chi connectivity index (χ1v) is 14.0. The number of ether oxygens (including phenoxy) is 1. The van der Waals surface area contributed by atoms with Crippen LogP contribution in [0.5, 0.6) is 0 Å². The molecule has 4 atom stereocenters. The van der Waals surface area contributed by atoms with Gasteiger partial charge in [0.1, 0.15) is 6.10 Å². The molecule has 1 saturated heterocycles. The van der Waals surface area contributed by atoms with Crippen molar-refractivity contribution < 1.29 is 19.4 Å². The van der Waals surface area contributed by atoms with Crippen molar-refractivity contribution in [3.63, 3.8) is 0 Å². The first-order valence-electron chi connectivity index (χ1n) is 12.1. The molecule has 2 aromatic rings. The minimum Gasteiger partial charge on any atom is -0.402 e. The van der Waals surface area contributed by atoms with Crippen LogP contribution in [0.15, 0.2) is 60.7 Å². The highest BCUT2D eigenvalue weighted by Crippen LogP contribution is 2.40. The van der Waals surface area contributed by atoms with E-state index in [0.717, 1.165) is 25.7 Å². The Morgan fingerprint density at radius 3 is 2.03 bits per heavy atom. The van der Waals surface area contributed by atoms with Crippen LogP contribution in [0.1, 0.15) is 59.8 Å². The van der Waals surface area contributed by atoms with Crippen LogP contribution in [-0.4, -0.2) is 49.6 Å². The average Bonchev–Trinajstić information content (AvgIpc) is 3.20. The quantitative estimate of drug-likeness (QED) is 0.419. The number of aliphatic hydroxyl groups excluding tert-OH is 2. The summed E-state index contributed by atoms with van der Waals surface area (Å²) in [4.78, 5) is 0. The van der Waals surface area contributed by atoms with Crippen LogP contribution < -0.4 is 10.4 Å². The molecular weight excluding hydrogens is 416 g/mol. The third-order valence-electron chi connectivity index (χ3n) is 6.68. The van der Waals surface area contributed by atoms with Crippen molar-refractivity contribution in [3.05, 3.63) is 60.7 Å². The highest BCUT2D eigenvalue weighted by atomic mass is 28.4. The highest BCUT2D eigenvalue weighted by molar-refractivity contribution is 6.99. The zero-order valence-corrected chi connectivity index (χ0v) is 21.0. The van der Waals surface area contributed by atoms with Gasteiger partial charge in [-0.1, -0.05) is 108 Å². The predicted octanol–water partition coefficient (Wildman–Crippen LogP) is 4.02. The largest absolute Gasteiger partial charge is 0.402 e. The Kier molecular flexibility index (Phi) is 8.70. The van der Waals surface area contributed by atoms with Crippen molar-refractivity contribution in [1.82, 2.24) is 0 Å². The summed E-state index contributed by atoms with van der Waals surface area (Å²) in [7, 11) is -2.70. The SMILES string of the molecule is CCCCC[C@@H]1O[C@H]([C@H](O)CO)C[C@@H]1O[Si](c1ccccc1)(c1ccccc1)C(C)(C)C. The number of rotatable bonds is 10. The van der Waals surface area contributed by atoms with Gasteiger partial charge in [0.25, 0.3) is 8.32 Å². The summed E-state index contributed by atoms with van der Waals surface area (Å²) in [6.45, 7) is 8.74. The lowest BCUT2D eigenvalue weighted by molar-refractivity contribution is -0.0615. The van der Waals surface area contributed by atoms with E-state index < -0.39 is 20.5 Å². The molecule has 0 radical (unpaired) electrons. The Bertz CT molecular complexity index is 766. The Balaban J connectivity index is 2.04. The standard InChI is InChI=1S/C27H40O4Si/c1-5-6-9-18-24-26(19-25(30-24)23(29)20-28)31-32(27(2,3)4,21-14-10-7-11-15-21)22-16-12-8-13-17-22/h7-8,10-17,23-26,28-29H,5-6,9,18-20H2,1-4H3/t23-,24+,25+,26+/m1/s1. The highest BCUT2D eigenvalue weighted by Gasteiger charge is 2.53. The van der Waals surface area contributed by atoms with Crippen LogP contribution in [0.2, 0.25) is 5.04 Å². The number of aliphatic hydroxyl groups is 2. The third-order valence-corrected chi connectivity index (χ3v) is 11.7. The van der Waals surface area contributed by atoms with Crippen LogP contribution in [0.25, 0.3) is 0 Å². The van der Waals surface area contributed by atoms with Gasteiger partial charge < -0.3 is 19.4 Å². The molecule has 1 heterocycles. The summed E-state index contributed by atoms with van der Waals surface area (Å²) in [6.07, 6.45) is 3.41. The number of hydrogen-bond donors (Lipinski definition) is 2. The van der Waals surface area contributed by atoms with Gasteiger partial charge in [0.05, 0.1) is 24.9 Å². The van der Waals surface area contributed by atoms with Crippen molar-refractivity contribution in [2.45, 2.75) is 89.3 Å². The van der Waals surface area contributed by atoms with Gasteiger partial charge in [0, 0.05) is 6.42 Å². The van der Waals surface area contributed by atoms with E-state index in [9.17, 15) is 10.2 Å². The lowest BCUT2D eigenvalue weighted by Crippen LogP contribution is -2.68. The van der Waals surface area contributed by atoms with Gasteiger partial charge in [-0.2, -0.15) is 0 Å². The van der Waals surface area contributed by atoms with E-state index in [-0.39, 0.29) is 23.9 Å². The van der Waals surface area contributed by atoms with Crippen LogP contribution in [0.3, 0.4) is 0 Å². The minimum atomic E-state index is -2.70. The van der Waals surface area contributed by atoms with E-state index >= 15 is 0 Å². The molecule has 3 rings (SSSR count). The molecule has 1 fully saturated rings. The zero-order chi connectivity index (χ0) is 23.2. The molecule has 2 N–H and O–H groups in total. The van der Waals surface area contributed by atoms with Crippen molar-refractivity contribution >= 4 is 18.7 Å². The molecule has 0 unspecified atom stereocenters. The summed E-state index contributed by atoms with van der Waals surface area (Å²) in [5, 5.41) is 22.3. The van der Waals surface area contributed by atoms with Gasteiger partial charge in [0.15, 0.2) is 0 Å². The summed E-state index contributed by atoms with van der Waals surface area (Å²) < 4.78 is 13.6. The van der Waals surface area contributed by atoms with E-state index in [2.05, 4.69) is 88.4 Å². The second kappa shape index (κ2) is 11.1. The molecule has 4 nitrogen and oxygen atoms in total. The topological polar surface area (TPSA) is 58.9 Å². The van der Waals surface area contributed by atoms with Crippen molar-refractivity contribution in [2.75, 3.05) is 6.61 Å². The predicted molar refractivity (Wildman–Crippen MR) is 133 cm³/mol. The van der Waals surface area contributed by atoms with E-state index in [0.29, 0.717) is 6.42 Å². The van der Waals surface area contributed by atoms with E-state index in [1.54, 1.807) is 0 Å². The first-order chi connectivity index (χ1) is 15.3. The van der Waals surface area contributed by atoms with E-state index in [1.807, 2.05) is 0 Å². The first kappa shape index (κ1) is 25.1. The molecule has 0 aromatic heterocycles. The fourth-order valence-electron chi connectivity index (χ4n) is 5.01. The Labute approximate surface area is 194 Å². The Morgan fingerprint density at radius 1 is 1.00 bits per heavy atom. The molecule has 0 spiro atoms. The zero-order valence-electron chi connectivity index (χ0n) is 20.0. The van der Waals surface area contributed by atoms with Crippen LogP contribution in [-0.2, 0) is 9.16 Å². The molecule has 176 valence electrons. The molecule has 0 saturated carbocycles. The molecule has 2 aromatic carbocycles. The summed E-state index contributed by atoms with van der Waals surface area (Å²) in [5.41, 5.74) is 0. The average molecular weight is 457 g/mol. The van der Waals surface area contributed by atoms with Crippen molar-refractivity contribution in [2.24, 2.45) is 0 Å². The molecule has 0 aliphatic carbocycles. The third kappa shape index (κ3) is 5.34. The summed E-state index contributed by atoms with van der Waals surface area (Å²) in [5.74, 6) is 0. The second-order valence-corrected chi connectivity index (χ2v) is 14.3.